The molecule has 0 saturated carbocycles. The van der Waals surface area contributed by atoms with Gasteiger partial charge in [0, 0.05) is 17.3 Å². The van der Waals surface area contributed by atoms with Crippen LogP contribution in [0.5, 0.6) is 5.75 Å². The van der Waals surface area contributed by atoms with Crippen LogP contribution in [0.1, 0.15) is 22.3 Å². The number of halogens is 1. The summed E-state index contributed by atoms with van der Waals surface area (Å²) in [4.78, 5) is 11.5. The summed E-state index contributed by atoms with van der Waals surface area (Å²) in [5, 5.41) is 18.5. The molecule has 1 rings (SSSR count). The van der Waals surface area contributed by atoms with Gasteiger partial charge in [-0.05, 0) is 18.2 Å². The van der Waals surface area contributed by atoms with Gasteiger partial charge >= 0.3 is 0 Å². The third kappa shape index (κ3) is 2.33. The zero-order chi connectivity index (χ0) is 10.6. The van der Waals surface area contributed by atoms with Gasteiger partial charge in [-0.3, -0.25) is 4.79 Å². The Labute approximate surface area is 90.1 Å². The van der Waals surface area contributed by atoms with E-state index in [0.29, 0.717) is 17.3 Å². The lowest BCUT2D eigenvalue weighted by Crippen LogP contribution is -2.02. The second kappa shape index (κ2) is 4.77. The zero-order valence-electron chi connectivity index (χ0n) is 7.33. The lowest BCUT2D eigenvalue weighted by Gasteiger charge is -2.01. The van der Waals surface area contributed by atoms with Gasteiger partial charge in [0.2, 0.25) is 0 Å². The minimum atomic E-state index is -0.144. The van der Waals surface area contributed by atoms with E-state index in [1.165, 1.54) is 18.2 Å². The van der Waals surface area contributed by atoms with Crippen LogP contribution in [0.25, 0.3) is 0 Å². The number of ketones is 1. The van der Waals surface area contributed by atoms with E-state index in [2.05, 4.69) is 15.9 Å². The maximum atomic E-state index is 11.5. The molecule has 0 radical (unpaired) electrons. The first-order valence-electron chi connectivity index (χ1n) is 4.01. The summed E-state index contributed by atoms with van der Waals surface area (Å²) < 4.78 is 0. The van der Waals surface area contributed by atoms with Gasteiger partial charge in [0.05, 0.1) is 11.6 Å². The fourth-order valence-electron chi connectivity index (χ4n) is 1.08. The van der Waals surface area contributed by atoms with Crippen LogP contribution in [0, 0.1) is 11.3 Å². The number of nitrogens with zero attached hydrogens (tertiary/aromatic N) is 1. The maximum Gasteiger partial charge on any atom is 0.165 e. The Hall–Kier alpha value is -1.34. The molecule has 1 N–H and O–H groups in total. The summed E-state index contributed by atoms with van der Waals surface area (Å²) in [6.45, 7) is 0. The summed E-state index contributed by atoms with van der Waals surface area (Å²) in [7, 11) is 0. The number of benzene rings is 1. The first-order chi connectivity index (χ1) is 6.69. The monoisotopic (exact) mass is 253 g/mol. The van der Waals surface area contributed by atoms with Crippen LogP contribution in [0.4, 0.5) is 0 Å². The number of alkyl halides is 1. The number of carbonyl (C=O) groups excluding carboxylic acids is 1. The van der Waals surface area contributed by atoms with Gasteiger partial charge in [-0.15, -0.1) is 0 Å². The molecule has 0 aliphatic rings. The van der Waals surface area contributed by atoms with Crippen molar-refractivity contribution in [2.75, 3.05) is 5.33 Å². The van der Waals surface area contributed by atoms with Gasteiger partial charge in [0.15, 0.2) is 5.78 Å². The molecule has 3 nitrogen and oxygen atoms in total. The normalized spacial score (nSPS) is 9.43. The molecular weight excluding hydrogens is 246 g/mol. The number of nitriles is 1. The molecule has 0 heterocycles. The molecule has 0 amide bonds. The minimum Gasteiger partial charge on any atom is -0.508 e. The van der Waals surface area contributed by atoms with Crippen LogP contribution >= 0.6 is 15.9 Å². The highest BCUT2D eigenvalue weighted by atomic mass is 79.9. The molecular formula is C10H8BrNO2. The summed E-state index contributed by atoms with van der Waals surface area (Å²) >= 11 is 3.15. The van der Waals surface area contributed by atoms with Gasteiger partial charge in [0.1, 0.15) is 5.75 Å². The Morgan fingerprint density at radius 3 is 2.86 bits per heavy atom. The molecule has 0 bridgehead atoms. The summed E-state index contributed by atoms with van der Waals surface area (Å²) in [5.74, 6) is -0.142. The highest BCUT2D eigenvalue weighted by molar-refractivity contribution is 9.09. The van der Waals surface area contributed by atoms with E-state index >= 15 is 0 Å². The topological polar surface area (TPSA) is 61.1 Å². The van der Waals surface area contributed by atoms with Crippen molar-refractivity contribution in [3.05, 3.63) is 29.3 Å². The second-order valence-electron chi connectivity index (χ2n) is 2.70. The second-order valence-corrected chi connectivity index (χ2v) is 3.50. The van der Waals surface area contributed by atoms with Crippen molar-refractivity contribution in [2.24, 2.45) is 0 Å². The third-order valence-electron chi connectivity index (χ3n) is 1.75. The van der Waals surface area contributed by atoms with E-state index in [0.717, 1.165) is 0 Å². The van der Waals surface area contributed by atoms with Crippen LogP contribution in [-0.2, 0) is 0 Å². The van der Waals surface area contributed by atoms with Crippen LogP contribution in [0.2, 0.25) is 0 Å². The molecule has 0 aliphatic carbocycles. The van der Waals surface area contributed by atoms with Crippen molar-refractivity contribution in [1.82, 2.24) is 0 Å². The van der Waals surface area contributed by atoms with Crippen molar-refractivity contribution in [1.29, 1.82) is 5.26 Å². The number of rotatable bonds is 3. The predicted octanol–water partition coefficient (Wildman–Crippen LogP) is 2.23. The smallest absolute Gasteiger partial charge is 0.165 e. The molecule has 0 aromatic heterocycles. The molecule has 4 heteroatoms. The minimum absolute atomic E-state index is 0.00178. The first kappa shape index (κ1) is 10.7. The maximum absolute atomic E-state index is 11.5. The van der Waals surface area contributed by atoms with Gasteiger partial charge in [-0.25, -0.2) is 0 Å². The number of carbonyl (C=O) groups is 1. The van der Waals surface area contributed by atoms with E-state index in [9.17, 15) is 9.90 Å². The average molecular weight is 254 g/mol. The van der Waals surface area contributed by atoms with Gasteiger partial charge in [-0.1, -0.05) is 15.9 Å². The SMILES string of the molecule is N#Cc1ccc(O)cc1C(=O)CCBr. The van der Waals surface area contributed by atoms with E-state index < -0.39 is 0 Å². The molecule has 0 fully saturated rings. The summed E-state index contributed by atoms with van der Waals surface area (Å²) in [6.07, 6.45) is 0.318. The average Bonchev–Trinajstić information content (AvgIpc) is 2.18. The number of phenolic OH excluding ortho intramolecular Hbond substituents is 1. The van der Waals surface area contributed by atoms with Crippen LogP contribution in [0.15, 0.2) is 18.2 Å². The molecule has 0 saturated heterocycles. The van der Waals surface area contributed by atoms with Gasteiger partial charge in [0.25, 0.3) is 0 Å². The number of hydrogen-bond donors (Lipinski definition) is 1. The molecule has 0 spiro atoms. The van der Waals surface area contributed by atoms with Gasteiger partial charge in [-0.2, -0.15) is 5.26 Å². The fraction of sp³-hybridized carbons (Fsp3) is 0.200. The molecule has 14 heavy (non-hydrogen) atoms. The molecule has 0 aliphatic heterocycles. The molecule has 1 aromatic rings. The number of aromatic hydroxyl groups is 1. The van der Waals surface area contributed by atoms with E-state index in [1.807, 2.05) is 6.07 Å². The van der Waals surface area contributed by atoms with Gasteiger partial charge < -0.3 is 5.11 Å². The highest BCUT2D eigenvalue weighted by Crippen LogP contribution is 2.17. The molecule has 0 atom stereocenters. The summed E-state index contributed by atoms with van der Waals surface area (Å²) in [5.41, 5.74) is 0.584. The standard InChI is InChI=1S/C10H8BrNO2/c11-4-3-10(14)9-5-8(13)2-1-7(9)6-12/h1-2,5,13H,3-4H2. The Balaban J connectivity index is 3.12. The Morgan fingerprint density at radius 1 is 1.57 bits per heavy atom. The molecule has 1 aromatic carbocycles. The number of hydrogen-bond acceptors (Lipinski definition) is 3. The predicted molar refractivity (Wildman–Crippen MR) is 55.6 cm³/mol. The lowest BCUT2D eigenvalue weighted by atomic mass is 10.0. The lowest BCUT2D eigenvalue weighted by molar-refractivity contribution is 0.0989. The zero-order valence-corrected chi connectivity index (χ0v) is 8.91. The number of Topliss-reactive ketones (excluding diaryl/α,β-unsaturated/α-hetero) is 1. The third-order valence-corrected chi connectivity index (χ3v) is 2.14. The Morgan fingerprint density at radius 2 is 2.29 bits per heavy atom. The molecule has 72 valence electrons. The number of phenols is 1. The van der Waals surface area contributed by atoms with E-state index in [-0.39, 0.29) is 17.1 Å². The Kier molecular flexibility index (Phi) is 3.66. The summed E-state index contributed by atoms with van der Waals surface area (Å²) in [6, 6.07) is 6.07. The molecule has 0 unspecified atom stereocenters. The van der Waals surface area contributed by atoms with E-state index in [1.54, 1.807) is 0 Å². The van der Waals surface area contributed by atoms with E-state index in [4.69, 9.17) is 5.26 Å². The first-order valence-corrected chi connectivity index (χ1v) is 5.13. The van der Waals surface area contributed by atoms with Crippen molar-refractivity contribution >= 4 is 21.7 Å². The van der Waals surface area contributed by atoms with Crippen LogP contribution < -0.4 is 0 Å². The van der Waals surface area contributed by atoms with Crippen LogP contribution in [-0.4, -0.2) is 16.2 Å². The Bertz CT molecular complexity index is 396. The quantitative estimate of drug-likeness (QED) is 0.664. The van der Waals surface area contributed by atoms with Crippen molar-refractivity contribution in [2.45, 2.75) is 6.42 Å². The highest BCUT2D eigenvalue weighted by Gasteiger charge is 2.11. The van der Waals surface area contributed by atoms with Crippen molar-refractivity contribution < 1.29 is 9.90 Å². The van der Waals surface area contributed by atoms with Crippen LogP contribution in [0.3, 0.4) is 0 Å². The van der Waals surface area contributed by atoms with Crippen molar-refractivity contribution in [3.63, 3.8) is 0 Å². The largest absolute Gasteiger partial charge is 0.508 e. The van der Waals surface area contributed by atoms with Crippen molar-refractivity contribution in [3.8, 4) is 11.8 Å². The fourth-order valence-corrected chi connectivity index (χ4v) is 1.44.